The van der Waals surface area contributed by atoms with Crippen LogP contribution in [0.25, 0.3) is 0 Å². The molecule has 0 aromatic heterocycles. The molecule has 0 aliphatic rings. The van der Waals surface area contributed by atoms with Gasteiger partial charge in [0.15, 0.2) is 0 Å². The average molecular weight is 379 g/mol. The summed E-state index contributed by atoms with van der Waals surface area (Å²) >= 11 is 0. The van der Waals surface area contributed by atoms with Gasteiger partial charge in [-0.3, -0.25) is 0 Å². The van der Waals surface area contributed by atoms with Gasteiger partial charge in [0, 0.05) is 116 Å². The maximum absolute atomic E-state index is 0. The molecule has 0 amide bonds. The van der Waals surface area contributed by atoms with E-state index in [4.69, 9.17) is 0 Å². The zero-order valence-electron chi connectivity index (χ0n) is 2.95. The molecule has 4 heavy (non-hydrogen) atoms. The van der Waals surface area contributed by atoms with Gasteiger partial charge in [0.25, 0.3) is 0 Å². The monoisotopic (exact) mass is 379 g/mol. The van der Waals surface area contributed by atoms with Gasteiger partial charge in [-0.2, -0.15) is 0 Å². The number of hydrogen-bond donors (Lipinski definition) is 0. The Morgan fingerprint density at radius 1 is 1.00 bits per heavy atom. The zero-order valence-corrected chi connectivity index (χ0v) is 11.6. The van der Waals surface area contributed by atoms with Crippen LogP contribution >= 0.6 is 0 Å². The van der Waals surface area contributed by atoms with Crippen molar-refractivity contribution in [3.05, 3.63) is 0 Å². The SMILES string of the molecule is [Bi].[Ce].[Li].[Na]. The van der Waals surface area contributed by atoms with Gasteiger partial charge in [-0.25, -0.2) is 0 Å². The van der Waals surface area contributed by atoms with Crippen molar-refractivity contribution in [2.45, 2.75) is 0 Å². The van der Waals surface area contributed by atoms with Crippen LogP contribution in [0.4, 0.5) is 0 Å². The smallest absolute Gasteiger partial charge is 0 e. The fourth-order valence-electron chi connectivity index (χ4n) is 0. The van der Waals surface area contributed by atoms with E-state index in [1.54, 1.807) is 0 Å². The Morgan fingerprint density at radius 2 is 1.00 bits per heavy atom. The fourth-order valence-corrected chi connectivity index (χ4v) is 0. The van der Waals surface area contributed by atoms with Crippen molar-refractivity contribution in [3.8, 4) is 0 Å². The topological polar surface area (TPSA) is 0 Å². The van der Waals surface area contributed by atoms with Gasteiger partial charge in [0.2, 0.25) is 0 Å². The van der Waals surface area contributed by atoms with E-state index in [1.807, 2.05) is 0 Å². The molecule has 0 aliphatic carbocycles. The molecule has 0 rings (SSSR count). The molecule has 0 aliphatic heterocycles. The van der Waals surface area contributed by atoms with Crippen LogP contribution in [0.3, 0.4) is 0 Å². The standard InChI is InChI=1S/Bi.Ce.Li.Na. The molecule has 0 fully saturated rings. The van der Waals surface area contributed by atoms with E-state index in [-0.39, 0.29) is 116 Å². The minimum absolute atomic E-state index is 0. The first-order valence-electron chi connectivity index (χ1n) is 0. The molecule has 0 spiro atoms. The Labute approximate surface area is 113 Å². The van der Waals surface area contributed by atoms with E-state index < -0.39 is 0 Å². The second-order valence-corrected chi connectivity index (χ2v) is 0. The molecule has 0 nitrogen and oxygen atoms in total. The van der Waals surface area contributed by atoms with Gasteiger partial charge < -0.3 is 0 Å². The summed E-state index contributed by atoms with van der Waals surface area (Å²) in [6.07, 6.45) is 0. The summed E-state index contributed by atoms with van der Waals surface area (Å²) in [6, 6.07) is 0. The molecule has 4 heteroatoms. The zero-order chi connectivity index (χ0) is 0. The third kappa shape index (κ3) is 9.29. The van der Waals surface area contributed by atoms with E-state index in [0.717, 1.165) is 0 Å². The Balaban J connectivity index is 0. The van der Waals surface area contributed by atoms with E-state index >= 15 is 0 Å². The van der Waals surface area contributed by atoms with Gasteiger partial charge in [-0.1, -0.05) is 0 Å². The van der Waals surface area contributed by atoms with Crippen molar-refractivity contribution in [1.82, 2.24) is 0 Å². The predicted octanol–water partition coefficient (Wildman–Crippen LogP) is -1.14. The summed E-state index contributed by atoms with van der Waals surface area (Å²) in [5.41, 5.74) is 0. The van der Waals surface area contributed by atoms with E-state index in [9.17, 15) is 0 Å². The summed E-state index contributed by atoms with van der Waals surface area (Å²) < 4.78 is 0. The van der Waals surface area contributed by atoms with E-state index in [1.165, 1.54) is 0 Å². The van der Waals surface area contributed by atoms with Crippen LogP contribution in [0.1, 0.15) is 0 Å². The Morgan fingerprint density at radius 3 is 1.00 bits per heavy atom. The Bertz CT molecular complexity index is 8.00. The van der Waals surface area contributed by atoms with Gasteiger partial charge in [-0.05, 0) is 0 Å². The van der Waals surface area contributed by atoms with Crippen LogP contribution in [0, 0.1) is 41.7 Å². The molecule has 0 saturated carbocycles. The predicted molar refractivity (Wildman–Crippen MR) is 17.3 cm³/mol. The molecule has 5 radical (unpaired) electrons. The third-order valence-electron chi connectivity index (χ3n) is 0. The van der Waals surface area contributed by atoms with Crippen LogP contribution in [0.2, 0.25) is 0 Å². The van der Waals surface area contributed by atoms with E-state index in [2.05, 4.69) is 0 Å². The van der Waals surface area contributed by atoms with Crippen molar-refractivity contribution < 1.29 is 41.7 Å². The first kappa shape index (κ1) is 24.8. The summed E-state index contributed by atoms with van der Waals surface area (Å²) in [4.78, 5) is 0. The van der Waals surface area contributed by atoms with Crippen molar-refractivity contribution in [3.63, 3.8) is 0 Å². The molecule has 11 valence electrons. The van der Waals surface area contributed by atoms with E-state index in [0.29, 0.717) is 0 Å². The molecular weight excluding hydrogens is 379 g/mol. The number of rotatable bonds is 0. The molecule has 0 aromatic rings. The van der Waals surface area contributed by atoms with Crippen molar-refractivity contribution in [2.75, 3.05) is 0 Å². The summed E-state index contributed by atoms with van der Waals surface area (Å²) in [6.45, 7) is 0. The van der Waals surface area contributed by atoms with Crippen LogP contribution in [-0.2, 0) is 0 Å². The molecule has 0 heterocycles. The second kappa shape index (κ2) is 15.8. The number of hydrogen-bond acceptors (Lipinski definition) is 0. The molecular formula is BiCeLiNa. The molecule has 0 N–H and O–H groups in total. The van der Waals surface area contributed by atoms with Crippen molar-refractivity contribution in [2.24, 2.45) is 0 Å². The van der Waals surface area contributed by atoms with Gasteiger partial charge >= 0.3 is 0 Å². The quantitative estimate of drug-likeness (QED) is 0.467. The van der Waals surface area contributed by atoms with Crippen LogP contribution < -0.4 is 0 Å². The second-order valence-electron chi connectivity index (χ2n) is 0. The van der Waals surface area contributed by atoms with Gasteiger partial charge in [0.1, 0.15) is 0 Å². The molecule has 0 unspecified atom stereocenters. The van der Waals surface area contributed by atoms with Gasteiger partial charge in [-0.15, -0.1) is 0 Å². The normalized spacial score (nSPS) is 0. The summed E-state index contributed by atoms with van der Waals surface area (Å²) in [5.74, 6) is 0. The Hall–Kier alpha value is 3.86. The van der Waals surface area contributed by atoms with Crippen LogP contribution in [0.5, 0.6) is 0 Å². The largest absolute Gasteiger partial charge is 0 e. The first-order chi connectivity index (χ1) is 0. The first-order valence-corrected chi connectivity index (χ1v) is 0. The molecule has 0 aromatic carbocycles. The molecule has 0 saturated heterocycles. The molecule has 0 atom stereocenters. The van der Waals surface area contributed by atoms with Gasteiger partial charge in [0.05, 0.1) is 0 Å². The third-order valence-corrected chi connectivity index (χ3v) is 0. The maximum atomic E-state index is 0. The maximum Gasteiger partial charge on any atom is 0 e. The molecule has 0 bridgehead atoms. The van der Waals surface area contributed by atoms with Crippen molar-refractivity contribution >= 4 is 74.6 Å². The minimum atomic E-state index is 0. The van der Waals surface area contributed by atoms with Crippen LogP contribution in [-0.4, -0.2) is 74.6 Å². The van der Waals surface area contributed by atoms with Crippen LogP contribution in [0.15, 0.2) is 0 Å². The average Bonchev–Trinajstić information content (AvgIpc) is 0. The Kier molecular flexibility index (Phi) is 98.2. The summed E-state index contributed by atoms with van der Waals surface area (Å²) in [7, 11) is 0. The summed E-state index contributed by atoms with van der Waals surface area (Å²) in [5, 5.41) is 0. The van der Waals surface area contributed by atoms with Crippen molar-refractivity contribution in [1.29, 1.82) is 0 Å². The minimum Gasteiger partial charge on any atom is 0 e. The fraction of sp³-hybridized carbons (Fsp3) is 0.